The molecule has 3 N–H and O–H groups in total. The summed E-state index contributed by atoms with van der Waals surface area (Å²) in [6, 6.07) is 0. The van der Waals surface area contributed by atoms with Crippen LogP contribution in [0.5, 0.6) is 0 Å². The fourth-order valence-corrected chi connectivity index (χ4v) is 0.203. The first-order valence-electron chi connectivity index (χ1n) is 1.90. The van der Waals surface area contributed by atoms with Crippen LogP contribution in [-0.4, -0.2) is 12.6 Å². The van der Waals surface area contributed by atoms with Gasteiger partial charge < -0.3 is 10.9 Å². The Morgan fingerprint density at radius 2 is 2.00 bits per heavy atom. The Hall–Kier alpha value is -0.0505. The number of carbonyl (C=O) groups excluding carboxylic acids is 1. The topological polar surface area (TPSA) is 61.3 Å². The third-order valence-corrected chi connectivity index (χ3v) is 0.348. The Morgan fingerprint density at radius 3 is 2.00 bits per heavy atom. The molecular formula is C4H11FeNO2. The average Bonchev–Trinajstić information content (AvgIpc) is 1.35. The van der Waals surface area contributed by atoms with Crippen molar-refractivity contribution in [2.75, 3.05) is 6.61 Å². The number of hydrogen-bond donors (Lipinski definition) is 1. The summed E-state index contributed by atoms with van der Waals surface area (Å²) in [6.45, 7) is 3.65. The molecule has 0 saturated carbocycles. The van der Waals surface area contributed by atoms with E-state index in [0.29, 0.717) is 6.61 Å². The maximum absolute atomic E-state index is 9.82. The van der Waals surface area contributed by atoms with Crippen LogP contribution in [0.1, 0.15) is 13.8 Å². The van der Waals surface area contributed by atoms with Crippen LogP contribution in [0.3, 0.4) is 0 Å². The van der Waals surface area contributed by atoms with Crippen molar-refractivity contribution in [3.8, 4) is 0 Å². The molecule has 0 saturated heterocycles. The monoisotopic (exact) mass is 161 g/mol. The predicted octanol–water partition coefficient (Wildman–Crippen LogP) is 0.729. The molecule has 8 heavy (non-hydrogen) atoms. The Bertz CT molecular complexity index is 58.0. The number of rotatable bonds is 1. The van der Waals surface area contributed by atoms with Crippen molar-refractivity contribution >= 4 is 5.97 Å². The SMILES string of the molecule is CCOC(C)=O.N.[Fe]. The summed E-state index contributed by atoms with van der Waals surface area (Å²) in [7, 11) is 0. The van der Waals surface area contributed by atoms with E-state index in [1.54, 1.807) is 6.92 Å². The van der Waals surface area contributed by atoms with Crippen LogP contribution < -0.4 is 6.15 Å². The molecule has 0 radical (unpaired) electrons. The molecule has 0 aliphatic carbocycles. The second kappa shape index (κ2) is 10.0. The maximum atomic E-state index is 9.82. The first kappa shape index (κ1) is 15.7. The van der Waals surface area contributed by atoms with E-state index < -0.39 is 0 Å². The Morgan fingerprint density at radius 1 is 1.62 bits per heavy atom. The molecule has 0 aromatic rings. The van der Waals surface area contributed by atoms with Crippen molar-refractivity contribution < 1.29 is 26.6 Å². The standard InChI is InChI=1S/C4H8O2.Fe.H3N/c1-3-6-4(2)5;;/h3H2,1-2H3;;1H3. The van der Waals surface area contributed by atoms with Crippen molar-refractivity contribution in [3.05, 3.63) is 0 Å². The van der Waals surface area contributed by atoms with Gasteiger partial charge in [0.15, 0.2) is 0 Å². The summed E-state index contributed by atoms with van der Waals surface area (Å²) in [5.74, 6) is -0.211. The van der Waals surface area contributed by atoms with E-state index in [1.165, 1.54) is 6.92 Å². The van der Waals surface area contributed by atoms with Crippen molar-refractivity contribution in [2.24, 2.45) is 0 Å². The first-order chi connectivity index (χ1) is 2.77. The third-order valence-electron chi connectivity index (χ3n) is 0.348. The molecule has 0 aliphatic heterocycles. The fraction of sp³-hybridized carbons (Fsp3) is 0.750. The third kappa shape index (κ3) is 16.8. The van der Waals surface area contributed by atoms with Crippen LogP contribution in [0.25, 0.3) is 0 Å². The number of esters is 1. The molecule has 0 fully saturated rings. The summed E-state index contributed by atoms with van der Waals surface area (Å²) in [6.07, 6.45) is 0. The van der Waals surface area contributed by atoms with Crippen LogP contribution in [0.2, 0.25) is 0 Å². The smallest absolute Gasteiger partial charge is 0.302 e. The zero-order valence-corrected chi connectivity index (χ0v) is 6.19. The largest absolute Gasteiger partial charge is 0.466 e. The summed E-state index contributed by atoms with van der Waals surface area (Å²) in [5.41, 5.74) is 0. The molecule has 3 nitrogen and oxygen atoms in total. The zero-order chi connectivity index (χ0) is 4.99. The fourth-order valence-electron chi connectivity index (χ4n) is 0.203. The van der Waals surface area contributed by atoms with Gasteiger partial charge >= 0.3 is 5.97 Å². The van der Waals surface area contributed by atoms with Gasteiger partial charge in [0, 0.05) is 24.0 Å². The second-order valence-electron chi connectivity index (χ2n) is 0.925. The minimum atomic E-state index is -0.211. The zero-order valence-electron chi connectivity index (χ0n) is 5.08. The second-order valence-corrected chi connectivity index (χ2v) is 0.925. The predicted molar refractivity (Wildman–Crippen MR) is 27.3 cm³/mol. The van der Waals surface area contributed by atoms with Crippen molar-refractivity contribution in [1.29, 1.82) is 0 Å². The Balaban J connectivity index is -0.000000125. The summed E-state index contributed by atoms with van der Waals surface area (Å²) in [4.78, 5) is 9.82. The molecule has 0 aliphatic rings. The van der Waals surface area contributed by atoms with E-state index >= 15 is 0 Å². The van der Waals surface area contributed by atoms with Crippen molar-refractivity contribution in [1.82, 2.24) is 6.15 Å². The molecule has 52 valence electrons. The van der Waals surface area contributed by atoms with Gasteiger partial charge in [0.25, 0.3) is 0 Å². The minimum Gasteiger partial charge on any atom is -0.466 e. The molecule has 0 unspecified atom stereocenters. The molecule has 0 aromatic heterocycles. The molecule has 0 amide bonds. The van der Waals surface area contributed by atoms with Gasteiger partial charge in [-0.05, 0) is 6.92 Å². The van der Waals surface area contributed by atoms with E-state index in [1.807, 2.05) is 0 Å². The van der Waals surface area contributed by atoms with Gasteiger partial charge in [-0.15, -0.1) is 0 Å². The maximum Gasteiger partial charge on any atom is 0.302 e. The van der Waals surface area contributed by atoms with Gasteiger partial charge in [0.05, 0.1) is 6.61 Å². The quantitative estimate of drug-likeness (QED) is 0.455. The van der Waals surface area contributed by atoms with Gasteiger partial charge in [-0.3, -0.25) is 4.79 Å². The first-order valence-corrected chi connectivity index (χ1v) is 1.90. The minimum absolute atomic E-state index is 0. The summed E-state index contributed by atoms with van der Waals surface area (Å²) < 4.78 is 4.40. The molecule has 4 heteroatoms. The number of ether oxygens (including phenoxy) is 1. The van der Waals surface area contributed by atoms with E-state index in [-0.39, 0.29) is 29.2 Å². The van der Waals surface area contributed by atoms with E-state index in [4.69, 9.17) is 0 Å². The summed E-state index contributed by atoms with van der Waals surface area (Å²) in [5, 5.41) is 0. The molecule has 0 atom stereocenters. The van der Waals surface area contributed by atoms with E-state index in [0.717, 1.165) is 0 Å². The van der Waals surface area contributed by atoms with Gasteiger partial charge in [-0.25, -0.2) is 0 Å². The van der Waals surface area contributed by atoms with Crippen LogP contribution in [0, 0.1) is 0 Å². The molecule has 0 heterocycles. The molecular weight excluding hydrogens is 150 g/mol. The Kier molecular flexibility index (Phi) is 19.7. The molecule has 0 spiro atoms. The van der Waals surface area contributed by atoms with Crippen LogP contribution >= 0.6 is 0 Å². The van der Waals surface area contributed by atoms with E-state index in [2.05, 4.69) is 4.74 Å². The molecule has 0 aromatic carbocycles. The van der Waals surface area contributed by atoms with Gasteiger partial charge in [0.2, 0.25) is 0 Å². The van der Waals surface area contributed by atoms with Crippen LogP contribution in [-0.2, 0) is 26.6 Å². The van der Waals surface area contributed by atoms with Crippen LogP contribution in [0.4, 0.5) is 0 Å². The van der Waals surface area contributed by atoms with Crippen molar-refractivity contribution in [2.45, 2.75) is 13.8 Å². The van der Waals surface area contributed by atoms with Gasteiger partial charge in [-0.1, -0.05) is 0 Å². The number of carbonyl (C=O) groups is 1. The summed E-state index contributed by atoms with van der Waals surface area (Å²) >= 11 is 0. The van der Waals surface area contributed by atoms with Crippen LogP contribution in [0.15, 0.2) is 0 Å². The molecule has 0 bridgehead atoms. The van der Waals surface area contributed by atoms with Gasteiger partial charge in [0.1, 0.15) is 0 Å². The Labute approximate surface area is 59.8 Å². The normalized spacial score (nSPS) is 5.75. The molecule has 0 rings (SSSR count). The number of hydrogen-bond acceptors (Lipinski definition) is 3. The average molecular weight is 161 g/mol. The van der Waals surface area contributed by atoms with E-state index in [9.17, 15) is 4.79 Å². The van der Waals surface area contributed by atoms with Gasteiger partial charge in [-0.2, -0.15) is 0 Å². The van der Waals surface area contributed by atoms with Crippen molar-refractivity contribution in [3.63, 3.8) is 0 Å².